The highest BCUT2D eigenvalue weighted by Gasteiger charge is 2.19. The van der Waals surface area contributed by atoms with Crippen molar-refractivity contribution >= 4 is 17.9 Å². The quantitative estimate of drug-likeness (QED) is 0.0344. The van der Waals surface area contributed by atoms with Gasteiger partial charge in [-0.25, -0.2) is 0 Å². The predicted octanol–water partition coefficient (Wildman–Crippen LogP) is 19.0. The highest BCUT2D eigenvalue weighted by molar-refractivity contribution is 5.71. The molecule has 0 aromatic heterocycles. The van der Waals surface area contributed by atoms with Crippen LogP contribution in [-0.2, 0) is 28.6 Å². The van der Waals surface area contributed by atoms with Gasteiger partial charge in [0.15, 0.2) is 6.10 Å². The van der Waals surface area contributed by atoms with Gasteiger partial charge < -0.3 is 14.2 Å². The van der Waals surface area contributed by atoms with Crippen molar-refractivity contribution in [2.24, 2.45) is 5.92 Å². The van der Waals surface area contributed by atoms with E-state index in [0.717, 1.165) is 63.7 Å². The van der Waals surface area contributed by atoms with Crippen molar-refractivity contribution in [3.8, 4) is 0 Å². The fourth-order valence-corrected chi connectivity index (χ4v) is 8.92. The third-order valence-corrected chi connectivity index (χ3v) is 13.3. The fraction of sp³-hybridized carbons (Fsp3) is 0.948. The molecule has 6 heteroatoms. The molecule has 0 unspecified atom stereocenters. The maximum absolute atomic E-state index is 12.8. The summed E-state index contributed by atoms with van der Waals surface area (Å²) in [4.78, 5) is 38.1. The lowest BCUT2D eigenvalue weighted by Gasteiger charge is -2.18. The Labute approximate surface area is 399 Å². The van der Waals surface area contributed by atoms with Gasteiger partial charge in [0.05, 0.1) is 0 Å². The average Bonchev–Trinajstić information content (AvgIpc) is 3.28. The van der Waals surface area contributed by atoms with Crippen LogP contribution in [-0.4, -0.2) is 37.2 Å². The lowest BCUT2D eigenvalue weighted by Crippen LogP contribution is -2.30. The van der Waals surface area contributed by atoms with Crippen molar-refractivity contribution in [3.05, 3.63) is 0 Å². The molecule has 0 spiro atoms. The largest absolute Gasteiger partial charge is 0.462 e. The molecule has 0 aliphatic carbocycles. The molecule has 0 aromatic rings. The van der Waals surface area contributed by atoms with E-state index < -0.39 is 6.10 Å². The number of carbonyl (C=O) groups is 3. The summed E-state index contributed by atoms with van der Waals surface area (Å²) in [5.41, 5.74) is 0. The Hall–Kier alpha value is -1.59. The minimum absolute atomic E-state index is 0.0620. The van der Waals surface area contributed by atoms with Crippen LogP contribution in [0.4, 0.5) is 0 Å². The van der Waals surface area contributed by atoms with Crippen molar-refractivity contribution in [2.75, 3.05) is 13.2 Å². The molecule has 0 aliphatic rings. The topological polar surface area (TPSA) is 78.9 Å². The number of rotatable bonds is 53. The number of hydrogen-bond donors (Lipinski definition) is 0. The highest BCUT2D eigenvalue weighted by Crippen LogP contribution is 2.18. The van der Waals surface area contributed by atoms with Crippen LogP contribution >= 0.6 is 0 Å². The Morgan fingerprint density at radius 2 is 0.516 bits per heavy atom. The molecular weight excluding hydrogens is 793 g/mol. The molecule has 0 heterocycles. The Morgan fingerprint density at radius 1 is 0.297 bits per heavy atom. The number of carbonyl (C=O) groups excluding carboxylic acids is 3. The maximum atomic E-state index is 12.8. The lowest BCUT2D eigenvalue weighted by atomic mass is 10.0. The van der Waals surface area contributed by atoms with Gasteiger partial charge in [0.25, 0.3) is 0 Å². The number of hydrogen-bond acceptors (Lipinski definition) is 6. The maximum Gasteiger partial charge on any atom is 0.306 e. The summed E-state index contributed by atoms with van der Waals surface area (Å²) in [7, 11) is 0. The summed E-state index contributed by atoms with van der Waals surface area (Å²) >= 11 is 0. The first-order chi connectivity index (χ1) is 31.4. The van der Waals surface area contributed by atoms with Gasteiger partial charge in [-0.3, -0.25) is 14.4 Å². The normalized spacial score (nSPS) is 12.0. The van der Waals surface area contributed by atoms with E-state index in [1.807, 2.05) is 0 Å². The van der Waals surface area contributed by atoms with Crippen molar-refractivity contribution in [1.82, 2.24) is 0 Å². The first-order valence-electron chi connectivity index (χ1n) is 28.9. The number of unbranched alkanes of at least 4 members (excludes halogenated alkanes) is 40. The van der Waals surface area contributed by atoms with Crippen LogP contribution in [0.5, 0.6) is 0 Å². The molecule has 0 rings (SSSR count). The minimum atomic E-state index is -0.761. The molecule has 0 saturated carbocycles. The van der Waals surface area contributed by atoms with Gasteiger partial charge in [-0.05, 0) is 25.2 Å². The zero-order chi connectivity index (χ0) is 46.7. The molecule has 6 nitrogen and oxygen atoms in total. The second-order valence-electron chi connectivity index (χ2n) is 20.4. The summed E-state index contributed by atoms with van der Waals surface area (Å²) in [5.74, 6) is 0.0117. The van der Waals surface area contributed by atoms with Crippen LogP contribution in [0.25, 0.3) is 0 Å². The van der Waals surface area contributed by atoms with Crippen LogP contribution < -0.4 is 0 Å². The summed E-state index contributed by atoms with van der Waals surface area (Å²) in [5, 5.41) is 0. The molecule has 0 amide bonds. The van der Waals surface area contributed by atoms with E-state index >= 15 is 0 Å². The van der Waals surface area contributed by atoms with Crippen molar-refractivity contribution in [3.63, 3.8) is 0 Å². The van der Waals surface area contributed by atoms with Gasteiger partial charge in [0, 0.05) is 19.3 Å². The van der Waals surface area contributed by atoms with Crippen molar-refractivity contribution in [1.29, 1.82) is 0 Å². The van der Waals surface area contributed by atoms with Gasteiger partial charge in [0.1, 0.15) is 13.2 Å². The summed E-state index contributed by atoms with van der Waals surface area (Å²) in [6.45, 7) is 9.06. The van der Waals surface area contributed by atoms with Crippen LogP contribution in [0.1, 0.15) is 329 Å². The van der Waals surface area contributed by atoms with Crippen LogP contribution in [0.15, 0.2) is 0 Å². The van der Waals surface area contributed by atoms with Gasteiger partial charge in [0.2, 0.25) is 0 Å². The van der Waals surface area contributed by atoms with E-state index in [2.05, 4.69) is 27.7 Å². The monoisotopic (exact) mass is 905 g/mol. The van der Waals surface area contributed by atoms with E-state index in [9.17, 15) is 14.4 Å². The molecule has 0 radical (unpaired) electrons. The van der Waals surface area contributed by atoms with Crippen LogP contribution in [0.3, 0.4) is 0 Å². The summed E-state index contributed by atoms with van der Waals surface area (Å²) in [6.07, 6.45) is 56.7. The predicted molar refractivity (Wildman–Crippen MR) is 275 cm³/mol. The standard InChI is InChI=1S/C58H112O6/c1-5-7-9-11-13-15-17-18-19-20-21-24-28-31-35-39-43-47-51-58(61)64-55(52-62-56(59)49-45-41-37-33-16-14-12-10-8-6-2)53-63-57(60)50-46-42-38-34-30-27-25-22-23-26-29-32-36-40-44-48-54(3)4/h54-55H,5-53H2,1-4H3/t55-/m1/s1. The molecular formula is C58H112O6. The van der Waals surface area contributed by atoms with Gasteiger partial charge >= 0.3 is 17.9 Å². The third-order valence-electron chi connectivity index (χ3n) is 13.3. The van der Waals surface area contributed by atoms with Crippen LogP contribution in [0.2, 0.25) is 0 Å². The molecule has 0 bridgehead atoms. The van der Waals surface area contributed by atoms with Crippen LogP contribution in [0, 0.1) is 5.92 Å². The van der Waals surface area contributed by atoms with E-state index in [4.69, 9.17) is 14.2 Å². The molecule has 0 aliphatic heterocycles. The van der Waals surface area contributed by atoms with Gasteiger partial charge in [-0.15, -0.1) is 0 Å². The zero-order valence-corrected chi connectivity index (χ0v) is 43.8. The van der Waals surface area contributed by atoms with Crippen molar-refractivity contribution < 1.29 is 28.6 Å². The molecule has 0 N–H and O–H groups in total. The third kappa shape index (κ3) is 51.4. The Kier molecular flexibility index (Phi) is 51.1. The van der Waals surface area contributed by atoms with Crippen molar-refractivity contribution in [2.45, 2.75) is 336 Å². The molecule has 0 fully saturated rings. The fourth-order valence-electron chi connectivity index (χ4n) is 8.92. The molecule has 0 aromatic carbocycles. The Bertz CT molecular complexity index is 964. The Balaban J connectivity index is 4.23. The SMILES string of the molecule is CCCCCCCCCCCCCCCCCCCCC(=O)O[C@H](COC(=O)CCCCCCCCCCCC)COC(=O)CCCCCCCCCCCCCCCCCC(C)C. The van der Waals surface area contributed by atoms with E-state index in [0.29, 0.717) is 19.3 Å². The Morgan fingerprint density at radius 3 is 0.766 bits per heavy atom. The molecule has 64 heavy (non-hydrogen) atoms. The second-order valence-corrected chi connectivity index (χ2v) is 20.4. The van der Waals surface area contributed by atoms with E-state index in [1.54, 1.807) is 0 Å². The van der Waals surface area contributed by atoms with Gasteiger partial charge in [-0.2, -0.15) is 0 Å². The van der Waals surface area contributed by atoms with E-state index in [-0.39, 0.29) is 31.1 Å². The van der Waals surface area contributed by atoms with E-state index in [1.165, 1.54) is 225 Å². The van der Waals surface area contributed by atoms with Gasteiger partial charge in [-0.1, -0.05) is 291 Å². The number of ether oxygens (including phenoxy) is 3. The zero-order valence-electron chi connectivity index (χ0n) is 43.8. The average molecular weight is 906 g/mol. The minimum Gasteiger partial charge on any atom is -0.462 e. The number of esters is 3. The second kappa shape index (κ2) is 52.4. The smallest absolute Gasteiger partial charge is 0.306 e. The lowest BCUT2D eigenvalue weighted by molar-refractivity contribution is -0.167. The summed E-state index contributed by atoms with van der Waals surface area (Å²) < 4.78 is 16.9. The molecule has 380 valence electrons. The molecule has 1 atom stereocenters. The molecule has 0 saturated heterocycles. The first kappa shape index (κ1) is 62.4. The first-order valence-corrected chi connectivity index (χ1v) is 28.9. The highest BCUT2D eigenvalue weighted by atomic mass is 16.6. The summed E-state index contributed by atoms with van der Waals surface area (Å²) in [6, 6.07) is 0.